The number of guanidine groups is 1. The van der Waals surface area contributed by atoms with Crippen molar-refractivity contribution in [1.29, 1.82) is 0 Å². The van der Waals surface area contributed by atoms with Crippen molar-refractivity contribution >= 4 is 35.8 Å². The number of hydrogen-bond acceptors (Lipinski definition) is 4. The largest absolute Gasteiger partial charge is 0.379 e. The first-order chi connectivity index (χ1) is 15.2. The molecular weight excluding hydrogens is 517 g/mol. The number of nitrogens with zero attached hydrogens (tertiary/aromatic N) is 3. The number of benzene rings is 1. The summed E-state index contributed by atoms with van der Waals surface area (Å²) in [5.41, 5.74) is 2.58. The highest BCUT2D eigenvalue weighted by Crippen LogP contribution is 2.27. The zero-order valence-electron chi connectivity index (χ0n) is 19.2. The van der Waals surface area contributed by atoms with Crippen molar-refractivity contribution in [2.24, 2.45) is 10.9 Å². The van der Waals surface area contributed by atoms with Crippen molar-refractivity contribution in [1.82, 2.24) is 20.4 Å². The summed E-state index contributed by atoms with van der Waals surface area (Å²) >= 11 is 0. The van der Waals surface area contributed by atoms with Gasteiger partial charge in [-0.05, 0) is 30.4 Å². The highest BCUT2D eigenvalue weighted by molar-refractivity contribution is 14.0. The van der Waals surface area contributed by atoms with Crippen LogP contribution in [-0.2, 0) is 22.6 Å². The van der Waals surface area contributed by atoms with Gasteiger partial charge in [0.05, 0.1) is 13.2 Å². The third kappa shape index (κ3) is 7.05. The van der Waals surface area contributed by atoms with E-state index in [1.54, 1.807) is 7.05 Å². The van der Waals surface area contributed by atoms with Crippen LogP contribution in [0, 0.1) is 5.92 Å². The summed E-state index contributed by atoms with van der Waals surface area (Å²) < 4.78 is 5.44. The number of nitrogens with one attached hydrogen (secondary N) is 2. The summed E-state index contributed by atoms with van der Waals surface area (Å²) in [4.78, 5) is 21.6. The lowest BCUT2D eigenvalue weighted by molar-refractivity contribution is -0.134. The SMILES string of the molecule is CN=C(NCc1cccc(CN2CCOCC2)c1)NC1CCN(C(=O)C2CCCC2)C1.I. The maximum absolute atomic E-state index is 12.7. The minimum atomic E-state index is 0. The molecule has 0 bridgehead atoms. The second-order valence-electron chi connectivity index (χ2n) is 9.03. The Morgan fingerprint density at radius 3 is 2.62 bits per heavy atom. The topological polar surface area (TPSA) is 69.2 Å². The molecule has 32 heavy (non-hydrogen) atoms. The molecular formula is C24H38IN5O2. The fourth-order valence-corrected chi connectivity index (χ4v) is 4.94. The van der Waals surface area contributed by atoms with Gasteiger partial charge in [0.15, 0.2) is 5.96 Å². The number of aliphatic imine (C=N–C) groups is 1. The summed E-state index contributed by atoms with van der Waals surface area (Å²) in [5.74, 6) is 1.43. The van der Waals surface area contributed by atoms with Gasteiger partial charge >= 0.3 is 0 Å². The molecule has 0 spiro atoms. The van der Waals surface area contributed by atoms with E-state index in [2.05, 4.69) is 49.7 Å². The van der Waals surface area contributed by atoms with Crippen LogP contribution in [0.15, 0.2) is 29.3 Å². The molecule has 4 rings (SSSR count). The fraction of sp³-hybridized carbons (Fsp3) is 0.667. The van der Waals surface area contributed by atoms with Crippen molar-refractivity contribution in [3.63, 3.8) is 0 Å². The Labute approximate surface area is 209 Å². The number of ether oxygens (including phenoxy) is 1. The van der Waals surface area contributed by atoms with Gasteiger partial charge in [-0.3, -0.25) is 14.7 Å². The molecule has 2 heterocycles. The van der Waals surface area contributed by atoms with E-state index in [1.165, 1.54) is 24.0 Å². The number of amides is 1. The van der Waals surface area contributed by atoms with Gasteiger partial charge < -0.3 is 20.3 Å². The van der Waals surface area contributed by atoms with E-state index >= 15 is 0 Å². The number of carbonyl (C=O) groups excluding carboxylic acids is 1. The zero-order valence-corrected chi connectivity index (χ0v) is 21.6. The van der Waals surface area contributed by atoms with Crippen LogP contribution >= 0.6 is 24.0 Å². The minimum absolute atomic E-state index is 0. The molecule has 0 aromatic heterocycles. The van der Waals surface area contributed by atoms with E-state index in [1.807, 2.05) is 0 Å². The van der Waals surface area contributed by atoms with Crippen molar-refractivity contribution < 1.29 is 9.53 Å². The van der Waals surface area contributed by atoms with E-state index in [-0.39, 0.29) is 35.9 Å². The normalized spacial score (nSPS) is 22.6. The Kier molecular flexibility index (Phi) is 10.1. The van der Waals surface area contributed by atoms with Crippen molar-refractivity contribution in [2.45, 2.75) is 51.2 Å². The first-order valence-electron chi connectivity index (χ1n) is 11.8. The van der Waals surface area contributed by atoms with Gasteiger partial charge in [0.2, 0.25) is 5.91 Å². The number of rotatable bonds is 6. The number of halogens is 1. The van der Waals surface area contributed by atoms with Gasteiger partial charge in [0.1, 0.15) is 0 Å². The van der Waals surface area contributed by atoms with Gasteiger partial charge in [-0.1, -0.05) is 37.1 Å². The Hall–Kier alpha value is -1.39. The smallest absolute Gasteiger partial charge is 0.225 e. The van der Waals surface area contributed by atoms with Crippen LogP contribution < -0.4 is 10.6 Å². The summed E-state index contributed by atoms with van der Waals surface area (Å²) in [5, 5.41) is 6.96. The zero-order chi connectivity index (χ0) is 21.5. The molecule has 1 atom stereocenters. The van der Waals surface area contributed by atoms with Crippen molar-refractivity contribution in [2.75, 3.05) is 46.4 Å². The Morgan fingerprint density at radius 2 is 1.88 bits per heavy atom. The maximum atomic E-state index is 12.7. The third-order valence-corrected chi connectivity index (χ3v) is 6.73. The second kappa shape index (κ2) is 12.7. The molecule has 2 N–H and O–H groups in total. The summed E-state index contributed by atoms with van der Waals surface area (Å²) in [6.45, 7) is 6.99. The molecule has 8 heteroatoms. The number of hydrogen-bond donors (Lipinski definition) is 2. The minimum Gasteiger partial charge on any atom is -0.379 e. The van der Waals surface area contributed by atoms with Crippen molar-refractivity contribution in [3.05, 3.63) is 35.4 Å². The van der Waals surface area contributed by atoms with E-state index < -0.39 is 0 Å². The van der Waals surface area contributed by atoms with Gasteiger partial charge in [0, 0.05) is 58.3 Å². The molecule has 1 aromatic rings. The Balaban J connectivity index is 0.00000289. The molecule has 1 aliphatic carbocycles. The highest BCUT2D eigenvalue weighted by atomic mass is 127. The van der Waals surface area contributed by atoms with E-state index in [4.69, 9.17) is 4.74 Å². The maximum Gasteiger partial charge on any atom is 0.225 e. The number of morpholine rings is 1. The quantitative estimate of drug-likeness (QED) is 0.321. The molecule has 1 unspecified atom stereocenters. The molecule has 0 radical (unpaired) electrons. The van der Waals surface area contributed by atoms with E-state index in [9.17, 15) is 4.79 Å². The second-order valence-corrected chi connectivity index (χ2v) is 9.03. The van der Waals surface area contributed by atoms with Gasteiger partial charge in [0.25, 0.3) is 0 Å². The molecule has 7 nitrogen and oxygen atoms in total. The molecule has 2 aliphatic heterocycles. The molecule has 1 aromatic carbocycles. The van der Waals surface area contributed by atoms with Gasteiger partial charge in [-0.15, -0.1) is 24.0 Å². The average Bonchev–Trinajstić information content (AvgIpc) is 3.50. The van der Waals surface area contributed by atoms with Crippen LogP contribution in [-0.4, -0.2) is 74.1 Å². The van der Waals surface area contributed by atoms with Crippen LogP contribution in [0.25, 0.3) is 0 Å². The molecule has 3 aliphatic rings. The van der Waals surface area contributed by atoms with E-state index in [0.29, 0.717) is 5.91 Å². The lowest BCUT2D eigenvalue weighted by Crippen LogP contribution is -2.45. The summed E-state index contributed by atoms with van der Waals surface area (Å²) in [6, 6.07) is 9.02. The fourth-order valence-electron chi connectivity index (χ4n) is 4.94. The Bertz CT molecular complexity index is 763. The van der Waals surface area contributed by atoms with E-state index in [0.717, 1.165) is 77.7 Å². The first-order valence-corrected chi connectivity index (χ1v) is 11.8. The number of carbonyl (C=O) groups is 1. The van der Waals surface area contributed by atoms with Crippen LogP contribution in [0.2, 0.25) is 0 Å². The third-order valence-electron chi connectivity index (χ3n) is 6.73. The molecule has 3 fully saturated rings. The molecule has 2 saturated heterocycles. The molecule has 178 valence electrons. The summed E-state index contributed by atoms with van der Waals surface area (Å²) in [7, 11) is 1.81. The predicted octanol–water partition coefficient (Wildman–Crippen LogP) is 2.59. The van der Waals surface area contributed by atoms with Crippen LogP contribution in [0.3, 0.4) is 0 Å². The average molecular weight is 556 g/mol. The lowest BCUT2D eigenvalue weighted by atomic mass is 10.1. The monoisotopic (exact) mass is 555 g/mol. The van der Waals surface area contributed by atoms with Crippen LogP contribution in [0.1, 0.15) is 43.2 Å². The lowest BCUT2D eigenvalue weighted by Gasteiger charge is -2.26. The predicted molar refractivity (Wildman–Crippen MR) is 138 cm³/mol. The van der Waals surface area contributed by atoms with Gasteiger partial charge in [-0.25, -0.2) is 0 Å². The molecule has 1 saturated carbocycles. The Morgan fingerprint density at radius 1 is 1.12 bits per heavy atom. The summed E-state index contributed by atoms with van der Waals surface area (Å²) in [6.07, 6.45) is 5.53. The molecule has 1 amide bonds. The highest BCUT2D eigenvalue weighted by Gasteiger charge is 2.32. The first kappa shape index (κ1) is 25.2. The van der Waals surface area contributed by atoms with Crippen LogP contribution in [0.5, 0.6) is 0 Å². The standard InChI is InChI=1S/C24H37N5O2.HI/c1-25-24(27-22-9-10-29(18-22)23(30)21-7-2-3-8-21)26-16-19-5-4-6-20(15-19)17-28-11-13-31-14-12-28;/h4-6,15,21-22H,2-3,7-14,16-18H2,1H3,(H2,25,26,27);1H. The van der Waals surface area contributed by atoms with Crippen LogP contribution in [0.4, 0.5) is 0 Å². The van der Waals surface area contributed by atoms with Gasteiger partial charge in [-0.2, -0.15) is 0 Å². The van der Waals surface area contributed by atoms with Crippen molar-refractivity contribution in [3.8, 4) is 0 Å². The number of likely N-dealkylation sites (tertiary alicyclic amines) is 1.